The number of nitrogens with zero attached hydrogens (tertiary/aromatic N) is 1. The Morgan fingerprint density at radius 2 is 1.95 bits per heavy atom. The molecule has 1 aromatic rings. The molecule has 0 radical (unpaired) electrons. The minimum absolute atomic E-state index is 0.209. The quantitative estimate of drug-likeness (QED) is 0.824. The molecule has 2 heterocycles. The number of H-pyrrole nitrogens is 1. The fraction of sp³-hybridized carbons (Fsp3) is 0.571. The molecule has 20 heavy (non-hydrogen) atoms. The predicted octanol–water partition coefficient (Wildman–Crippen LogP) is 2.05. The third-order valence-corrected chi connectivity index (χ3v) is 3.16. The topological polar surface area (TPSA) is 82.6 Å². The summed E-state index contributed by atoms with van der Waals surface area (Å²) >= 11 is 0. The van der Waals surface area contributed by atoms with E-state index in [2.05, 4.69) is 4.98 Å². The van der Waals surface area contributed by atoms with Gasteiger partial charge in [-0.2, -0.15) is 0 Å². The highest BCUT2D eigenvalue weighted by atomic mass is 16.6. The number of nitrogens with one attached hydrogen (secondary N) is 1. The minimum atomic E-state index is -0.956. The Labute approximate surface area is 117 Å². The number of rotatable bonds is 1. The number of carbonyl (C=O) groups is 2. The Balaban J connectivity index is 2.03. The number of aromatic nitrogens is 1. The van der Waals surface area contributed by atoms with Gasteiger partial charge in [-0.15, -0.1) is 0 Å². The van der Waals surface area contributed by atoms with Crippen LogP contribution in [-0.4, -0.2) is 45.7 Å². The number of aromatic carboxylic acids is 1. The highest BCUT2D eigenvalue weighted by molar-refractivity contribution is 5.86. The molecule has 0 spiro atoms. The maximum absolute atomic E-state index is 12.0. The molecule has 1 aromatic heterocycles. The van der Waals surface area contributed by atoms with Gasteiger partial charge in [-0.25, -0.2) is 9.59 Å². The van der Waals surface area contributed by atoms with Crippen LogP contribution in [0, 0.1) is 0 Å². The van der Waals surface area contributed by atoms with Crippen molar-refractivity contribution >= 4 is 12.1 Å². The molecule has 0 unspecified atom stereocenters. The SMILES string of the molecule is CC(C)(C)OC(=O)N1CCc2cc(C(=O)O)[nH]c2CC1. The number of fused-ring (bicyclic) bond motifs is 1. The van der Waals surface area contributed by atoms with Crippen molar-refractivity contribution in [3.05, 3.63) is 23.0 Å². The molecule has 0 fully saturated rings. The van der Waals surface area contributed by atoms with Gasteiger partial charge in [-0.1, -0.05) is 0 Å². The fourth-order valence-corrected chi connectivity index (χ4v) is 2.22. The van der Waals surface area contributed by atoms with E-state index in [1.54, 1.807) is 11.0 Å². The smallest absolute Gasteiger partial charge is 0.410 e. The van der Waals surface area contributed by atoms with Gasteiger partial charge < -0.3 is 19.7 Å². The first-order valence-corrected chi connectivity index (χ1v) is 6.68. The van der Waals surface area contributed by atoms with Crippen molar-refractivity contribution in [2.45, 2.75) is 39.2 Å². The van der Waals surface area contributed by atoms with Gasteiger partial charge in [0.25, 0.3) is 0 Å². The van der Waals surface area contributed by atoms with E-state index < -0.39 is 11.6 Å². The van der Waals surface area contributed by atoms with Gasteiger partial charge in [0.1, 0.15) is 11.3 Å². The number of carboxylic acids is 1. The van der Waals surface area contributed by atoms with E-state index in [0.717, 1.165) is 11.3 Å². The number of amides is 1. The van der Waals surface area contributed by atoms with Gasteiger partial charge in [0, 0.05) is 25.2 Å². The molecule has 1 aliphatic rings. The number of carboxylic acid groups (broad SMARTS) is 1. The Bertz CT molecular complexity index is 502. The second-order valence-electron chi connectivity index (χ2n) is 5.96. The zero-order valence-electron chi connectivity index (χ0n) is 12.0. The summed E-state index contributed by atoms with van der Waals surface area (Å²) in [7, 11) is 0. The molecule has 0 bridgehead atoms. The van der Waals surface area contributed by atoms with E-state index in [1.807, 2.05) is 20.8 Å². The lowest BCUT2D eigenvalue weighted by Gasteiger charge is -2.26. The molecule has 6 heteroatoms. The van der Waals surface area contributed by atoms with E-state index in [1.165, 1.54) is 0 Å². The predicted molar refractivity (Wildman–Crippen MR) is 73.0 cm³/mol. The van der Waals surface area contributed by atoms with Crippen LogP contribution < -0.4 is 0 Å². The van der Waals surface area contributed by atoms with Gasteiger partial charge in [-0.3, -0.25) is 0 Å². The average Bonchev–Trinajstić information content (AvgIpc) is 2.61. The molecule has 0 aromatic carbocycles. The normalized spacial score (nSPS) is 15.4. The van der Waals surface area contributed by atoms with Gasteiger partial charge in [0.2, 0.25) is 0 Å². The maximum atomic E-state index is 12.0. The molecule has 0 saturated heterocycles. The van der Waals surface area contributed by atoms with Crippen molar-refractivity contribution in [2.24, 2.45) is 0 Å². The van der Waals surface area contributed by atoms with E-state index >= 15 is 0 Å². The second-order valence-corrected chi connectivity index (χ2v) is 5.96. The summed E-state index contributed by atoms with van der Waals surface area (Å²) in [6.45, 7) is 6.58. The van der Waals surface area contributed by atoms with Crippen molar-refractivity contribution in [1.29, 1.82) is 0 Å². The van der Waals surface area contributed by atoms with Crippen LogP contribution in [0.15, 0.2) is 6.07 Å². The highest BCUT2D eigenvalue weighted by Gasteiger charge is 2.25. The van der Waals surface area contributed by atoms with Crippen LogP contribution in [0.25, 0.3) is 0 Å². The Kier molecular flexibility index (Phi) is 3.74. The fourth-order valence-electron chi connectivity index (χ4n) is 2.22. The van der Waals surface area contributed by atoms with Crippen LogP contribution >= 0.6 is 0 Å². The molecule has 0 saturated carbocycles. The van der Waals surface area contributed by atoms with Gasteiger partial charge in [0.15, 0.2) is 0 Å². The molecule has 0 atom stereocenters. The summed E-state index contributed by atoms with van der Waals surface area (Å²) in [6, 6.07) is 1.65. The summed E-state index contributed by atoms with van der Waals surface area (Å²) < 4.78 is 5.35. The van der Waals surface area contributed by atoms with Crippen LogP contribution in [-0.2, 0) is 17.6 Å². The van der Waals surface area contributed by atoms with E-state index in [9.17, 15) is 9.59 Å². The van der Waals surface area contributed by atoms with Crippen LogP contribution in [0.3, 0.4) is 0 Å². The van der Waals surface area contributed by atoms with E-state index in [4.69, 9.17) is 9.84 Å². The van der Waals surface area contributed by atoms with Crippen molar-refractivity contribution in [2.75, 3.05) is 13.1 Å². The van der Waals surface area contributed by atoms with Crippen LogP contribution in [0.4, 0.5) is 4.79 Å². The van der Waals surface area contributed by atoms with Gasteiger partial charge in [0.05, 0.1) is 0 Å². The van der Waals surface area contributed by atoms with Crippen molar-refractivity contribution in [3.8, 4) is 0 Å². The van der Waals surface area contributed by atoms with E-state index in [-0.39, 0.29) is 11.8 Å². The molecule has 6 nitrogen and oxygen atoms in total. The summed E-state index contributed by atoms with van der Waals surface area (Å²) in [5.74, 6) is -0.956. The molecule has 0 aliphatic carbocycles. The Morgan fingerprint density at radius 1 is 1.30 bits per heavy atom. The lowest BCUT2D eigenvalue weighted by atomic mass is 10.1. The van der Waals surface area contributed by atoms with Crippen molar-refractivity contribution in [1.82, 2.24) is 9.88 Å². The standard InChI is InChI=1S/C14H20N2O4/c1-14(2,3)20-13(19)16-6-4-9-8-11(12(17)18)15-10(9)5-7-16/h8,15H,4-7H2,1-3H3,(H,17,18). The number of hydrogen-bond donors (Lipinski definition) is 2. The van der Waals surface area contributed by atoms with Crippen LogP contribution in [0.5, 0.6) is 0 Å². The first-order chi connectivity index (χ1) is 9.26. The Morgan fingerprint density at radius 3 is 2.55 bits per heavy atom. The number of aromatic amines is 1. The molecule has 110 valence electrons. The van der Waals surface area contributed by atoms with Crippen molar-refractivity contribution in [3.63, 3.8) is 0 Å². The number of ether oxygens (including phenoxy) is 1. The zero-order valence-corrected chi connectivity index (χ0v) is 12.0. The van der Waals surface area contributed by atoms with Crippen LogP contribution in [0.2, 0.25) is 0 Å². The summed E-state index contributed by atoms with van der Waals surface area (Å²) in [4.78, 5) is 27.5. The first kappa shape index (κ1) is 14.4. The molecular formula is C14H20N2O4. The monoisotopic (exact) mass is 280 g/mol. The average molecular weight is 280 g/mol. The third kappa shape index (κ3) is 3.31. The lowest BCUT2D eigenvalue weighted by Crippen LogP contribution is -2.38. The second kappa shape index (κ2) is 5.19. The minimum Gasteiger partial charge on any atom is -0.477 e. The van der Waals surface area contributed by atoms with Gasteiger partial charge in [-0.05, 0) is 38.8 Å². The zero-order chi connectivity index (χ0) is 14.9. The maximum Gasteiger partial charge on any atom is 0.410 e. The van der Waals surface area contributed by atoms with Crippen LogP contribution in [0.1, 0.15) is 42.5 Å². The molecule has 1 aliphatic heterocycles. The number of carbonyl (C=O) groups excluding carboxylic acids is 1. The Hall–Kier alpha value is -1.98. The molecule has 1 amide bonds. The summed E-state index contributed by atoms with van der Waals surface area (Å²) in [6.07, 6.45) is 0.932. The molecule has 2 rings (SSSR count). The van der Waals surface area contributed by atoms with E-state index in [0.29, 0.717) is 25.9 Å². The molecular weight excluding hydrogens is 260 g/mol. The lowest BCUT2D eigenvalue weighted by molar-refractivity contribution is 0.0258. The summed E-state index contributed by atoms with van der Waals surface area (Å²) in [5, 5.41) is 8.96. The number of hydrogen-bond acceptors (Lipinski definition) is 3. The molecule has 2 N–H and O–H groups in total. The van der Waals surface area contributed by atoms with Crippen molar-refractivity contribution < 1.29 is 19.4 Å². The van der Waals surface area contributed by atoms with Gasteiger partial charge >= 0.3 is 12.1 Å². The third-order valence-electron chi connectivity index (χ3n) is 3.16. The highest BCUT2D eigenvalue weighted by Crippen LogP contribution is 2.19. The first-order valence-electron chi connectivity index (χ1n) is 6.68. The largest absolute Gasteiger partial charge is 0.477 e. The summed E-state index contributed by atoms with van der Waals surface area (Å²) in [5.41, 5.74) is 1.57.